The first-order valence-electron chi connectivity index (χ1n) is 13.3. The van der Waals surface area contributed by atoms with E-state index in [1.54, 1.807) is 25.2 Å². The van der Waals surface area contributed by atoms with E-state index in [0.29, 0.717) is 23.2 Å². The Morgan fingerprint density at radius 2 is 1.84 bits per heavy atom. The molecule has 1 atom stereocenters. The molecule has 0 spiro atoms. The molecule has 0 radical (unpaired) electrons. The predicted molar refractivity (Wildman–Crippen MR) is 161 cm³/mol. The molecule has 1 amide bonds. The van der Waals surface area contributed by atoms with Gasteiger partial charge in [-0.3, -0.25) is 9.10 Å². The minimum absolute atomic E-state index is 0.0170. The lowest BCUT2D eigenvalue weighted by Gasteiger charge is -2.21. The molecular formula is C28H35F4N7O4S. The molecule has 1 aromatic heterocycles. The SMILES string of the molecule is CN1CCCC1.COc1ccc(CNc2nc(Nc3cc(F)c(C(N)=O)cc3OC)ncc2C(F)(F)F)c(N(C)S(C)=O)c1. The molecule has 3 aromatic rings. The van der Waals surface area contributed by atoms with E-state index >= 15 is 0 Å². The summed E-state index contributed by atoms with van der Waals surface area (Å²) in [5.41, 5.74) is 4.49. The maximum absolute atomic E-state index is 14.3. The molecule has 240 valence electrons. The van der Waals surface area contributed by atoms with Crippen molar-refractivity contribution in [2.24, 2.45) is 5.73 Å². The first kappa shape index (κ1) is 34.3. The molecular weight excluding hydrogens is 606 g/mol. The number of hydrogen-bond donors (Lipinski definition) is 3. The number of benzene rings is 2. The molecule has 1 aliphatic rings. The number of carbonyl (C=O) groups is 1. The van der Waals surface area contributed by atoms with Gasteiger partial charge in [-0.15, -0.1) is 0 Å². The van der Waals surface area contributed by atoms with Gasteiger partial charge in [0.25, 0.3) is 5.91 Å². The lowest BCUT2D eigenvalue weighted by atomic mass is 10.1. The number of nitrogens with two attached hydrogens (primary N) is 1. The number of halogens is 4. The summed E-state index contributed by atoms with van der Waals surface area (Å²) in [4.78, 5) is 21.4. The zero-order valence-corrected chi connectivity index (χ0v) is 25.7. The van der Waals surface area contributed by atoms with Crippen LogP contribution in [0.5, 0.6) is 11.5 Å². The molecule has 4 rings (SSSR count). The van der Waals surface area contributed by atoms with Crippen molar-refractivity contribution in [2.75, 3.05) is 62.6 Å². The number of hydrogen-bond acceptors (Lipinski definition) is 9. The van der Waals surface area contributed by atoms with Gasteiger partial charge in [-0.25, -0.2) is 13.6 Å². The van der Waals surface area contributed by atoms with Crippen LogP contribution in [0.25, 0.3) is 0 Å². The van der Waals surface area contributed by atoms with E-state index in [2.05, 4.69) is 32.5 Å². The zero-order chi connectivity index (χ0) is 32.6. The Hall–Kier alpha value is -4.18. The van der Waals surface area contributed by atoms with Crippen LogP contribution in [0, 0.1) is 5.82 Å². The predicted octanol–water partition coefficient (Wildman–Crippen LogP) is 4.55. The number of nitrogens with one attached hydrogen (secondary N) is 2. The van der Waals surface area contributed by atoms with Crippen molar-refractivity contribution in [3.8, 4) is 11.5 Å². The maximum atomic E-state index is 14.3. The molecule has 0 bridgehead atoms. The molecule has 1 saturated heterocycles. The number of anilines is 4. The molecule has 1 aliphatic heterocycles. The Kier molecular flexibility index (Phi) is 11.7. The molecule has 1 fully saturated rings. The van der Waals surface area contributed by atoms with Crippen LogP contribution in [-0.2, 0) is 23.7 Å². The Morgan fingerprint density at radius 3 is 2.36 bits per heavy atom. The Morgan fingerprint density at radius 1 is 1.16 bits per heavy atom. The number of ether oxygens (including phenoxy) is 2. The second kappa shape index (κ2) is 15.0. The number of alkyl halides is 3. The van der Waals surface area contributed by atoms with Gasteiger partial charge >= 0.3 is 6.18 Å². The van der Waals surface area contributed by atoms with Gasteiger partial charge in [0.2, 0.25) is 5.95 Å². The van der Waals surface area contributed by atoms with E-state index < -0.39 is 45.8 Å². The van der Waals surface area contributed by atoms with E-state index in [1.165, 1.54) is 50.7 Å². The lowest BCUT2D eigenvalue weighted by Crippen LogP contribution is -2.21. The first-order valence-corrected chi connectivity index (χ1v) is 14.8. The van der Waals surface area contributed by atoms with Gasteiger partial charge in [-0.05, 0) is 50.7 Å². The van der Waals surface area contributed by atoms with Gasteiger partial charge in [0.05, 0.1) is 31.2 Å². The zero-order valence-electron chi connectivity index (χ0n) is 24.9. The van der Waals surface area contributed by atoms with Crippen molar-refractivity contribution in [3.05, 3.63) is 59.0 Å². The number of likely N-dealkylation sites (tertiary alicyclic amines) is 1. The van der Waals surface area contributed by atoms with Crippen LogP contribution in [0.2, 0.25) is 0 Å². The van der Waals surface area contributed by atoms with Gasteiger partial charge in [0.1, 0.15) is 39.7 Å². The average Bonchev–Trinajstić information content (AvgIpc) is 3.46. The third-order valence-corrected chi connectivity index (χ3v) is 7.66. The largest absolute Gasteiger partial charge is 0.497 e. The van der Waals surface area contributed by atoms with Crippen LogP contribution in [-0.4, -0.2) is 72.6 Å². The van der Waals surface area contributed by atoms with Crippen molar-refractivity contribution >= 4 is 40.0 Å². The van der Waals surface area contributed by atoms with Gasteiger partial charge in [0.15, 0.2) is 0 Å². The highest BCUT2D eigenvalue weighted by Crippen LogP contribution is 2.36. The summed E-state index contributed by atoms with van der Waals surface area (Å²) >= 11 is 0. The van der Waals surface area contributed by atoms with Crippen LogP contribution in [0.4, 0.5) is 40.7 Å². The fourth-order valence-electron chi connectivity index (χ4n) is 4.22. The standard InChI is InChI=1S/C23H24F4N6O4S.C5H11N/c1-33(38(4)35)18-7-13(36-2)6-5-12(18)10-29-21-15(23(25,26)27)11-30-22(32-21)31-17-9-16(24)14(20(28)34)8-19(17)37-3;1-6-4-2-3-5-6/h5-9,11H,10H2,1-4H3,(H2,28,34)(H2,29,30,31,32);2-5H2,1H3. The third-order valence-electron chi connectivity index (χ3n) is 6.69. The molecule has 2 heterocycles. The number of methoxy groups -OCH3 is 2. The first-order chi connectivity index (χ1) is 20.7. The van der Waals surface area contributed by atoms with Crippen molar-refractivity contribution in [1.29, 1.82) is 0 Å². The van der Waals surface area contributed by atoms with Gasteiger partial charge < -0.3 is 30.7 Å². The summed E-state index contributed by atoms with van der Waals surface area (Å²) in [5.74, 6) is -2.43. The summed E-state index contributed by atoms with van der Waals surface area (Å²) in [5, 5.41) is 5.25. The summed E-state index contributed by atoms with van der Waals surface area (Å²) in [7, 11) is 5.02. The molecule has 1 unspecified atom stereocenters. The van der Waals surface area contributed by atoms with E-state index in [0.717, 1.165) is 12.1 Å². The quantitative estimate of drug-likeness (QED) is 0.273. The monoisotopic (exact) mass is 641 g/mol. The van der Waals surface area contributed by atoms with E-state index in [1.807, 2.05) is 0 Å². The van der Waals surface area contributed by atoms with Crippen molar-refractivity contribution in [2.45, 2.75) is 25.6 Å². The number of rotatable bonds is 10. The van der Waals surface area contributed by atoms with Crippen LogP contribution < -0.4 is 30.1 Å². The minimum Gasteiger partial charge on any atom is -0.497 e. The minimum atomic E-state index is -4.79. The lowest BCUT2D eigenvalue weighted by molar-refractivity contribution is -0.137. The Bertz CT molecular complexity index is 1490. The van der Waals surface area contributed by atoms with Crippen LogP contribution in [0.1, 0.15) is 34.3 Å². The second-order valence-electron chi connectivity index (χ2n) is 9.76. The van der Waals surface area contributed by atoms with Crippen molar-refractivity contribution in [1.82, 2.24) is 14.9 Å². The van der Waals surface area contributed by atoms with Gasteiger partial charge in [0, 0.05) is 38.2 Å². The number of carbonyl (C=O) groups excluding carboxylic acids is 1. The number of primary amides is 1. The van der Waals surface area contributed by atoms with E-state index in [9.17, 15) is 26.6 Å². The third kappa shape index (κ3) is 8.92. The van der Waals surface area contributed by atoms with Gasteiger partial charge in [-0.1, -0.05) is 6.07 Å². The van der Waals surface area contributed by atoms with E-state index in [-0.39, 0.29) is 23.9 Å². The highest BCUT2D eigenvalue weighted by molar-refractivity contribution is 7.85. The normalized spacial score (nSPS) is 13.8. The fourth-order valence-corrected chi connectivity index (χ4v) is 4.67. The number of nitrogens with zero attached hydrogens (tertiary/aromatic N) is 4. The summed E-state index contributed by atoms with van der Waals surface area (Å²) in [6.45, 7) is 2.51. The molecule has 2 aromatic carbocycles. The Balaban J connectivity index is 0.000000785. The van der Waals surface area contributed by atoms with Gasteiger partial charge in [-0.2, -0.15) is 18.2 Å². The van der Waals surface area contributed by atoms with Crippen molar-refractivity contribution < 1.29 is 36.0 Å². The Labute approximate surface area is 255 Å². The summed E-state index contributed by atoms with van der Waals surface area (Å²) in [6, 6.07) is 6.76. The molecule has 0 saturated carbocycles. The van der Waals surface area contributed by atoms with Crippen LogP contribution in [0.15, 0.2) is 36.5 Å². The fraction of sp³-hybridized carbons (Fsp3) is 0.393. The average molecular weight is 642 g/mol. The van der Waals surface area contributed by atoms with E-state index in [4.69, 9.17) is 15.2 Å². The van der Waals surface area contributed by atoms with Crippen LogP contribution >= 0.6 is 0 Å². The number of amides is 1. The summed E-state index contributed by atoms with van der Waals surface area (Å²) in [6.07, 6.45) is 0.0551. The highest BCUT2D eigenvalue weighted by Gasteiger charge is 2.35. The smallest absolute Gasteiger partial charge is 0.421 e. The maximum Gasteiger partial charge on any atom is 0.421 e. The van der Waals surface area contributed by atoms with Crippen LogP contribution in [0.3, 0.4) is 0 Å². The summed E-state index contributed by atoms with van der Waals surface area (Å²) < 4.78 is 79.3. The number of aromatic nitrogens is 2. The molecule has 16 heteroatoms. The van der Waals surface area contributed by atoms with Crippen molar-refractivity contribution in [3.63, 3.8) is 0 Å². The molecule has 0 aliphatic carbocycles. The topological polar surface area (TPSA) is 135 Å². The molecule has 4 N–H and O–H groups in total. The highest BCUT2D eigenvalue weighted by atomic mass is 32.2. The molecule has 11 nitrogen and oxygen atoms in total. The molecule has 44 heavy (non-hydrogen) atoms. The second-order valence-corrected chi connectivity index (χ2v) is 11.2.